The standard InChI is InChI=1S/C14H17NO2S2/c1-10-4-5-12(19(3,16)17)8-13(10)15-9-14-11(2)6-7-18-14/h4-8,15H,9H2,1-3H3. The Morgan fingerprint density at radius 3 is 2.47 bits per heavy atom. The van der Waals surface area contributed by atoms with E-state index in [9.17, 15) is 8.42 Å². The number of nitrogens with one attached hydrogen (secondary N) is 1. The van der Waals surface area contributed by atoms with Crippen molar-refractivity contribution in [2.24, 2.45) is 0 Å². The van der Waals surface area contributed by atoms with Crippen molar-refractivity contribution in [1.29, 1.82) is 0 Å². The number of benzene rings is 1. The van der Waals surface area contributed by atoms with Crippen LogP contribution in [0.3, 0.4) is 0 Å². The second-order valence-corrected chi connectivity index (χ2v) is 7.65. The van der Waals surface area contributed by atoms with Gasteiger partial charge in [-0.15, -0.1) is 11.3 Å². The largest absolute Gasteiger partial charge is 0.380 e. The molecule has 2 aromatic rings. The number of thiophene rings is 1. The molecule has 0 amide bonds. The van der Waals surface area contributed by atoms with Gasteiger partial charge in [-0.3, -0.25) is 0 Å². The zero-order valence-electron chi connectivity index (χ0n) is 11.2. The molecule has 0 atom stereocenters. The van der Waals surface area contributed by atoms with Gasteiger partial charge in [-0.25, -0.2) is 8.42 Å². The van der Waals surface area contributed by atoms with Gasteiger partial charge in [0.05, 0.1) is 4.90 Å². The van der Waals surface area contributed by atoms with E-state index in [1.165, 1.54) is 16.7 Å². The summed E-state index contributed by atoms with van der Waals surface area (Å²) in [6, 6.07) is 7.27. The van der Waals surface area contributed by atoms with E-state index >= 15 is 0 Å². The molecule has 0 saturated carbocycles. The molecule has 0 fully saturated rings. The molecule has 19 heavy (non-hydrogen) atoms. The summed E-state index contributed by atoms with van der Waals surface area (Å²) in [6.07, 6.45) is 1.23. The lowest BCUT2D eigenvalue weighted by molar-refractivity contribution is 0.602. The van der Waals surface area contributed by atoms with Gasteiger partial charge in [-0.1, -0.05) is 6.07 Å². The van der Waals surface area contributed by atoms with Crippen LogP contribution in [0.25, 0.3) is 0 Å². The van der Waals surface area contributed by atoms with Crippen molar-refractivity contribution in [3.8, 4) is 0 Å². The molecule has 0 unspecified atom stereocenters. The third-order valence-corrected chi connectivity index (χ3v) is 5.18. The van der Waals surface area contributed by atoms with Gasteiger partial charge in [-0.2, -0.15) is 0 Å². The first-order chi connectivity index (χ1) is 8.88. The third kappa shape index (κ3) is 3.36. The zero-order chi connectivity index (χ0) is 14.0. The Bertz CT molecular complexity index is 687. The molecule has 3 nitrogen and oxygen atoms in total. The van der Waals surface area contributed by atoms with Crippen molar-refractivity contribution in [1.82, 2.24) is 0 Å². The van der Waals surface area contributed by atoms with Gasteiger partial charge in [0.15, 0.2) is 9.84 Å². The molecule has 1 heterocycles. The fourth-order valence-electron chi connectivity index (χ4n) is 1.78. The lowest BCUT2D eigenvalue weighted by Crippen LogP contribution is -2.03. The van der Waals surface area contributed by atoms with Gasteiger partial charge in [0.25, 0.3) is 0 Å². The van der Waals surface area contributed by atoms with Crippen LogP contribution in [0, 0.1) is 13.8 Å². The Morgan fingerprint density at radius 2 is 1.89 bits per heavy atom. The van der Waals surface area contributed by atoms with E-state index in [-0.39, 0.29) is 0 Å². The maximum Gasteiger partial charge on any atom is 0.175 e. The van der Waals surface area contributed by atoms with Gasteiger partial charge in [0.1, 0.15) is 0 Å². The van der Waals surface area contributed by atoms with E-state index in [1.54, 1.807) is 23.5 Å². The number of hydrogen-bond donors (Lipinski definition) is 1. The highest BCUT2D eigenvalue weighted by atomic mass is 32.2. The Balaban J connectivity index is 2.23. The minimum atomic E-state index is -3.16. The van der Waals surface area contributed by atoms with Crippen molar-refractivity contribution in [3.05, 3.63) is 45.6 Å². The third-order valence-electron chi connectivity index (χ3n) is 3.04. The normalized spacial score (nSPS) is 11.5. The van der Waals surface area contributed by atoms with Crippen LogP contribution in [0.5, 0.6) is 0 Å². The molecule has 2 rings (SSSR count). The fraction of sp³-hybridized carbons (Fsp3) is 0.286. The molecular weight excluding hydrogens is 278 g/mol. The second kappa shape index (κ2) is 5.35. The maximum absolute atomic E-state index is 11.6. The smallest absolute Gasteiger partial charge is 0.175 e. The van der Waals surface area contributed by atoms with Crippen molar-refractivity contribution >= 4 is 26.9 Å². The van der Waals surface area contributed by atoms with Crippen LogP contribution in [0.2, 0.25) is 0 Å². The predicted molar refractivity (Wildman–Crippen MR) is 80.7 cm³/mol. The van der Waals surface area contributed by atoms with Gasteiger partial charge in [0, 0.05) is 23.4 Å². The van der Waals surface area contributed by atoms with E-state index in [0.717, 1.165) is 17.8 Å². The monoisotopic (exact) mass is 295 g/mol. The van der Waals surface area contributed by atoms with Gasteiger partial charge in [-0.05, 0) is 48.6 Å². The summed E-state index contributed by atoms with van der Waals surface area (Å²) in [5, 5.41) is 5.38. The SMILES string of the molecule is Cc1ccc(S(C)(=O)=O)cc1NCc1sccc1C. The highest BCUT2D eigenvalue weighted by Gasteiger charge is 2.09. The average molecular weight is 295 g/mol. The predicted octanol–water partition coefficient (Wildman–Crippen LogP) is 3.38. The first kappa shape index (κ1) is 14.1. The van der Waals surface area contributed by atoms with Gasteiger partial charge < -0.3 is 5.32 Å². The van der Waals surface area contributed by atoms with Crippen molar-refractivity contribution in [2.75, 3.05) is 11.6 Å². The van der Waals surface area contributed by atoms with E-state index in [0.29, 0.717) is 4.90 Å². The Kier molecular flexibility index (Phi) is 3.96. The van der Waals surface area contributed by atoms with E-state index < -0.39 is 9.84 Å². The molecule has 1 N–H and O–H groups in total. The summed E-state index contributed by atoms with van der Waals surface area (Å²) >= 11 is 1.70. The average Bonchev–Trinajstić information content (AvgIpc) is 2.72. The van der Waals surface area contributed by atoms with E-state index in [2.05, 4.69) is 23.7 Å². The molecule has 1 aromatic carbocycles. The molecule has 0 bridgehead atoms. The number of aryl methyl sites for hydroxylation is 2. The van der Waals surface area contributed by atoms with Crippen molar-refractivity contribution in [2.45, 2.75) is 25.3 Å². The van der Waals surface area contributed by atoms with Crippen LogP contribution >= 0.6 is 11.3 Å². The van der Waals surface area contributed by atoms with Crippen LogP contribution in [0.4, 0.5) is 5.69 Å². The van der Waals surface area contributed by atoms with Crippen LogP contribution in [-0.2, 0) is 16.4 Å². The highest BCUT2D eigenvalue weighted by molar-refractivity contribution is 7.90. The summed E-state index contributed by atoms with van der Waals surface area (Å²) in [5.41, 5.74) is 3.17. The fourth-order valence-corrected chi connectivity index (χ4v) is 3.28. The Labute approximate surface area is 118 Å². The van der Waals surface area contributed by atoms with Crippen LogP contribution in [0.15, 0.2) is 34.5 Å². The molecule has 0 aliphatic rings. The first-order valence-electron chi connectivity index (χ1n) is 5.95. The molecule has 102 valence electrons. The van der Waals surface area contributed by atoms with Crippen LogP contribution < -0.4 is 5.32 Å². The summed E-state index contributed by atoms with van der Waals surface area (Å²) < 4.78 is 23.1. The quantitative estimate of drug-likeness (QED) is 0.940. The summed E-state index contributed by atoms with van der Waals surface area (Å²) in [7, 11) is -3.16. The molecule has 0 aliphatic carbocycles. The molecule has 0 aliphatic heterocycles. The topological polar surface area (TPSA) is 46.2 Å². The molecule has 0 saturated heterocycles. The lowest BCUT2D eigenvalue weighted by Gasteiger charge is -2.11. The molecule has 1 aromatic heterocycles. The zero-order valence-corrected chi connectivity index (χ0v) is 12.9. The summed E-state index contributed by atoms with van der Waals surface area (Å²) in [6.45, 7) is 4.76. The molecule has 0 spiro atoms. The minimum absolute atomic E-state index is 0.350. The second-order valence-electron chi connectivity index (χ2n) is 4.63. The first-order valence-corrected chi connectivity index (χ1v) is 8.72. The van der Waals surface area contributed by atoms with Crippen molar-refractivity contribution < 1.29 is 8.42 Å². The van der Waals surface area contributed by atoms with Gasteiger partial charge in [0.2, 0.25) is 0 Å². The highest BCUT2D eigenvalue weighted by Crippen LogP contribution is 2.22. The summed E-state index contributed by atoms with van der Waals surface area (Å²) in [4.78, 5) is 1.62. The van der Waals surface area contributed by atoms with Crippen molar-refractivity contribution in [3.63, 3.8) is 0 Å². The molecule has 0 radical (unpaired) electrons. The summed E-state index contributed by atoms with van der Waals surface area (Å²) in [5.74, 6) is 0. The molecule has 5 heteroatoms. The maximum atomic E-state index is 11.6. The van der Waals surface area contributed by atoms with Gasteiger partial charge >= 0.3 is 0 Å². The minimum Gasteiger partial charge on any atom is -0.380 e. The lowest BCUT2D eigenvalue weighted by atomic mass is 10.2. The number of sulfone groups is 1. The van der Waals surface area contributed by atoms with E-state index in [1.807, 2.05) is 13.0 Å². The number of anilines is 1. The number of hydrogen-bond acceptors (Lipinski definition) is 4. The van der Waals surface area contributed by atoms with Crippen LogP contribution in [0.1, 0.15) is 16.0 Å². The molecular formula is C14H17NO2S2. The Hall–Kier alpha value is -1.33. The van der Waals surface area contributed by atoms with E-state index in [4.69, 9.17) is 0 Å². The Morgan fingerprint density at radius 1 is 1.16 bits per heavy atom. The van der Waals surface area contributed by atoms with Crippen LogP contribution in [-0.4, -0.2) is 14.7 Å². The number of rotatable bonds is 4.